The smallest absolute Gasteiger partial charge is 0.312 e. The molecule has 0 aromatic carbocycles. The van der Waals surface area contributed by atoms with Gasteiger partial charge < -0.3 is 10.4 Å². The first kappa shape index (κ1) is 10.6. The Morgan fingerprint density at radius 3 is 2.80 bits per heavy atom. The van der Waals surface area contributed by atoms with E-state index < -0.39 is 11.4 Å². The number of hydrogen-bond acceptors (Lipinski definition) is 3. The van der Waals surface area contributed by atoms with Gasteiger partial charge in [-0.25, -0.2) is 0 Å². The first-order valence-electron chi connectivity index (χ1n) is 4.66. The van der Waals surface area contributed by atoms with Crippen LogP contribution < -0.4 is 5.32 Å². The standard InChI is InChI=1S/C10H11BrN2O2/c11-8-1-7(3-12-4-8)2-10(9(14)15)5-13-6-10/h1,3-4,13H,2,5-6H2,(H,14,15). The molecule has 0 aliphatic carbocycles. The van der Waals surface area contributed by atoms with Crippen LogP contribution in [0.15, 0.2) is 22.9 Å². The molecule has 0 bridgehead atoms. The van der Waals surface area contributed by atoms with Crippen molar-refractivity contribution in [2.24, 2.45) is 5.41 Å². The van der Waals surface area contributed by atoms with Crippen LogP contribution in [0.1, 0.15) is 5.56 Å². The first-order valence-corrected chi connectivity index (χ1v) is 5.45. The molecular formula is C10H11BrN2O2. The van der Waals surface area contributed by atoms with Crippen LogP contribution in [0.3, 0.4) is 0 Å². The fourth-order valence-corrected chi connectivity index (χ4v) is 2.13. The monoisotopic (exact) mass is 270 g/mol. The summed E-state index contributed by atoms with van der Waals surface area (Å²) in [6.45, 7) is 1.07. The van der Waals surface area contributed by atoms with Crippen molar-refractivity contribution in [3.05, 3.63) is 28.5 Å². The van der Waals surface area contributed by atoms with Crippen molar-refractivity contribution in [2.45, 2.75) is 6.42 Å². The van der Waals surface area contributed by atoms with E-state index in [1.165, 1.54) is 0 Å². The molecule has 2 N–H and O–H groups in total. The van der Waals surface area contributed by atoms with E-state index in [9.17, 15) is 4.79 Å². The Kier molecular flexibility index (Phi) is 2.75. The highest BCUT2D eigenvalue weighted by atomic mass is 79.9. The molecule has 0 amide bonds. The maximum atomic E-state index is 11.1. The van der Waals surface area contributed by atoms with E-state index in [1.54, 1.807) is 12.4 Å². The minimum absolute atomic E-state index is 0.530. The predicted molar refractivity (Wildman–Crippen MR) is 58.6 cm³/mol. The largest absolute Gasteiger partial charge is 0.481 e. The Bertz CT molecular complexity index is 391. The quantitative estimate of drug-likeness (QED) is 0.863. The molecule has 1 saturated heterocycles. The number of pyridine rings is 1. The SMILES string of the molecule is O=C(O)C1(Cc2cncc(Br)c2)CNC1. The number of nitrogens with one attached hydrogen (secondary N) is 1. The number of hydrogen-bond donors (Lipinski definition) is 2. The third-order valence-electron chi connectivity index (χ3n) is 2.68. The Morgan fingerprint density at radius 1 is 1.60 bits per heavy atom. The Morgan fingerprint density at radius 2 is 2.33 bits per heavy atom. The Labute approximate surface area is 95.8 Å². The lowest BCUT2D eigenvalue weighted by atomic mass is 9.77. The predicted octanol–water partition coefficient (Wildman–Crippen LogP) is 1.06. The molecule has 1 fully saturated rings. The van der Waals surface area contributed by atoms with E-state index in [2.05, 4.69) is 26.2 Å². The van der Waals surface area contributed by atoms with E-state index in [0.29, 0.717) is 19.5 Å². The van der Waals surface area contributed by atoms with Crippen LogP contribution in [0.4, 0.5) is 0 Å². The van der Waals surface area contributed by atoms with Crippen LogP contribution in [0.5, 0.6) is 0 Å². The van der Waals surface area contributed by atoms with Crippen LogP contribution in [0.2, 0.25) is 0 Å². The number of nitrogens with zero attached hydrogens (tertiary/aromatic N) is 1. The Balaban J connectivity index is 2.17. The highest BCUT2D eigenvalue weighted by Gasteiger charge is 2.44. The molecule has 1 aromatic heterocycles. The Hall–Kier alpha value is -0.940. The summed E-state index contributed by atoms with van der Waals surface area (Å²) in [7, 11) is 0. The molecular weight excluding hydrogens is 260 g/mol. The summed E-state index contributed by atoms with van der Waals surface area (Å²) in [6.07, 6.45) is 3.94. The fourth-order valence-electron chi connectivity index (χ4n) is 1.72. The van der Waals surface area contributed by atoms with Crippen molar-refractivity contribution in [1.82, 2.24) is 10.3 Å². The maximum Gasteiger partial charge on any atom is 0.312 e. The van der Waals surface area contributed by atoms with Gasteiger partial charge in [0.2, 0.25) is 0 Å². The molecule has 80 valence electrons. The summed E-state index contributed by atoms with van der Waals surface area (Å²) in [6, 6.07) is 1.91. The molecule has 5 heteroatoms. The van der Waals surface area contributed by atoms with Gasteiger partial charge in [0, 0.05) is 30.0 Å². The zero-order valence-corrected chi connectivity index (χ0v) is 9.62. The van der Waals surface area contributed by atoms with Gasteiger partial charge in [-0.3, -0.25) is 9.78 Å². The summed E-state index contributed by atoms with van der Waals surface area (Å²) < 4.78 is 0.882. The minimum atomic E-state index is -0.735. The van der Waals surface area contributed by atoms with E-state index in [4.69, 9.17) is 5.11 Å². The summed E-state index contributed by atoms with van der Waals surface area (Å²) in [5, 5.41) is 12.1. The molecule has 0 unspecified atom stereocenters. The molecule has 0 atom stereocenters. The summed E-state index contributed by atoms with van der Waals surface area (Å²) in [4.78, 5) is 15.1. The number of halogens is 1. The third kappa shape index (κ3) is 2.03. The second-order valence-corrected chi connectivity index (χ2v) is 4.79. The first-order chi connectivity index (χ1) is 7.12. The number of carboxylic acids is 1. The van der Waals surface area contributed by atoms with Gasteiger partial charge in [-0.15, -0.1) is 0 Å². The molecule has 1 aliphatic rings. The lowest BCUT2D eigenvalue weighted by Gasteiger charge is -2.38. The van der Waals surface area contributed by atoms with Gasteiger partial charge in [-0.05, 0) is 34.0 Å². The summed E-state index contributed by atoms with van der Waals surface area (Å²) in [5.41, 5.74) is 0.316. The average Bonchev–Trinajstić information content (AvgIpc) is 2.11. The summed E-state index contributed by atoms with van der Waals surface area (Å²) >= 11 is 3.32. The molecule has 0 radical (unpaired) electrons. The zero-order valence-electron chi connectivity index (χ0n) is 8.03. The van der Waals surface area contributed by atoms with E-state index >= 15 is 0 Å². The van der Waals surface area contributed by atoms with E-state index in [-0.39, 0.29) is 0 Å². The lowest BCUT2D eigenvalue weighted by molar-refractivity contribution is -0.152. The molecule has 4 nitrogen and oxygen atoms in total. The van der Waals surface area contributed by atoms with Gasteiger partial charge >= 0.3 is 5.97 Å². The second-order valence-electron chi connectivity index (χ2n) is 3.88. The number of aliphatic carboxylic acids is 1. The lowest BCUT2D eigenvalue weighted by Crippen LogP contribution is -2.59. The zero-order chi connectivity index (χ0) is 10.9. The normalized spacial score (nSPS) is 18.2. The van der Waals surface area contributed by atoms with Crippen molar-refractivity contribution < 1.29 is 9.90 Å². The number of rotatable bonds is 3. The van der Waals surface area contributed by atoms with Crippen molar-refractivity contribution >= 4 is 21.9 Å². The molecule has 1 aliphatic heterocycles. The molecule has 2 heterocycles. The molecule has 15 heavy (non-hydrogen) atoms. The third-order valence-corrected chi connectivity index (χ3v) is 3.12. The average molecular weight is 271 g/mol. The van der Waals surface area contributed by atoms with Crippen LogP contribution in [0, 0.1) is 5.41 Å². The number of carbonyl (C=O) groups is 1. The summed E-state index contributed by atoms with van der Waals surface area (Å²) in [5.74, 6) is -0.735. The highest BCUT2D eigenvalue weighted by Crippen LogP contribution is 2.28. The molecule has 1 aromatic rings. The van der Waals surface area contributed by atoms with E-state index in [0.717, 1.165) is 10.0 Å². The topological polar surface area (TPSA) is 62.2 Å². The van der Waals surface area contributed by atoms with Gasteiger partial charge in [0.1, 0.15) is 0 Å². The van der Waals surface area contributed by atoms with Crippen LogP contribution in [-0.4, -0.2) is 29.1 Å². The van der Waals surface area contributed by atoms with Crippen LogP contribution >= 0.6 is 15.9 Å². The minimum Gasteiger partial charge on any atom is -0.481 e. The number of aromatic nitrogens is 1. The van der Waals surface area contributed by atoms with Gasteiger partial charge in [0.25, 0.3) is 0 Å². The molecule has 2 rings (SSSR count). The van der Waals surface area contributed by atoms with Crippen molar-refractivity contribution in [3.8, 4) is 0 Å². The van der Waals surface area contributed by atoms with Gasteiger partial charge in [0.05, 0.1) is 5.41 Å². The van der Waals surface area contributed by atoms with Crippen molar-refractivity contribution in [3.63, 3.8) is 0 Å². The van der Waals surface area contributed by atoms with E-state index in [1.807, 2.05) is 6.07 Å². The highest BCUT2D eigenvalue weighted by molar-refractivity contribution is 9.10. The maximum absolute atomic E-state index is 11.1. The fraction of sp³-hybridized carbons (Fsp3) is 0.400. The van der Waals surface area contributed by atoms with Crippen LogP contribution in [0.25, 0.3) is 0 Å². The van der Waals surface area contributed by atoms with Crippen molar-refractivity contribution in [1.29, 1.82) is 0 Å². The number of carboxylic acid groups (broad SMARTS) is 1. The molecule has 0 saturated carbocycles. The van der Waals surface area contributed by atoms with Gasteiger partial charge in [0.15, 0.2) is 0 Å². The van der Waals surface area contributed by atoms with Gasteiger partial charge in [-0.2, -0.15) is 0 Å². The second kappa shape index (κ2) is 3.90. The van der Waals surface area contributed by atoms with Gasteiger partial charge in [-0.1, -0.05) is 0 Å². The van der Waals surface area contributed by atoms with Crippen molar-refractivity contribution in [2.75, 3.05) is 13.1 Å². The molecule has 0 spiro atoms. The van der Waals surface area contributed by atoms with Crippen LogP contribution in [-0.2, 0) is 11.2 Å².